The molecule has 2 heterocycles. The van der Waals surface area contributed by atoms with Gasteiger partial charge in [0.1, 0.15) is 0 Å². The highest BCUT2D eigenvalue weighted by Crippen LogP contribution is 2.27. The molecule has 140 valence electrons. The number of aromatic nitrogens is 1. The lowest BCUT2D eigenvalue weighted by molar-refractivity contribution is 0.0812. The van der Waals surface area contributed by atoms with Crippen molar-refractivity contribution < 1.29 is 13.9 Å². The zero-order chi connectivity index (χ0) is 18.7. The molecule has 1 atom stereocenters. The second kappa shape index (κ2) is 8.14. The molecule has 1 aromatic heterocycles. The molecule has 26 heavy (non-hydrogen) atoms. The molecule has 1 aromatic carbocycles. The topological polar surface area (TPSA) is 45.7 Å². The van der Waals surface area contributed by atoms with Crippen LogP contribution in [0.4, 0.5) is 9.52 Å². The number of rotatable bonds is 6. The van der Waals surface area contributed by atoms with Crippen molar-refractivity contribution >= 4 is 22.3 Å². The number of hydrogen-bond donors (Lipinski definition) is 0. The van der Waals surface area contributed by atoms with Crippen molar-refractivity contribution in [3.05, 3.63) is 40.7 Å². The summed E-state index contributed by atoms with van der Waals surface area (Å²) in [6.45, 7) is 2.46. The molecule has 0 bridgehead atoms. The van der Waals surface area contributed by atoms with Crippen LogP contribution < -0.4 is 9.64 Å². The Hall–Kier alpha value is -1.99. The van der Waals surface area contributed by atoms with Crippen LogP contribution in [0.2, 0.25) is 0 Å². The fraction of sp³-hybridized carbons (Fsp3) is 0.474. The molecule has 0 spiro atoms. The van der Waals surface area contributed by atoms with Gasteiger partial charge in [-0.05, 0) is 37.6 Å². The minimum atomic E-state index is -0.494. The van der Waals surface area contributed by atoms with Gasteiger partial charge in [0.25, 0.3) is 0 Å². The van der Waals surface area contributed by atoms with Crippen molar-refractivity contribution in [2.45, 2.75) is 19.4 Å². The van der Waals surface area contributed by atoms with Crippen LogP contribution in [0.15, 0.2) is 24.4 Å². The largest absolute Gasteiger partial charge is 0.494 e. The molecular weight excluding hydrogens is 353 g/mol. The number of benzene rings is 1. The molecule has 1 aliphatic rings. The van der Waals surface area contributed by atoms with Gasteiger partial charge in [0.05, 0.1) is 7.11 Å². The molecule has 0 N–H and O–H groups in total. The van der Waals surface area contributed by atoms with E-state index in [0.29, 0.717) is 12.1 Å². The lowest BCUT2D eigenvalue weighted by atomic mass is 9.90. The number of methoxy groups -OCH3 is 1. The Labute approximate surface area is 157 Å². The van der Waals surface area contributed by atoms with E-state index in [-0.39, 0.29) is 17.5 Å². The Morgan fingerprint density at radius 2 is 2.27 bits per heavy atom. The minimum Gasteiger partial charge on any atom is -0.494 e. The molecule has 0 amide bonds. The SMILES string of the molecule is COc1ccc(C(=O)C2CCCN(Cc3cnc(N(C)C)s3)C2)cc1F. The van der Waals surface area contributed by atoms with E-state index in [1.165, 1.54) is 24.1 Å². The van der Waals surface area contributed by atoms with Crippen LogP contribution in [0.25, 0.3) is 0 Å². The summed E-state index contributed by atoms with van der Waals surface area (Å²) in [6, 6.07) is 4.45. The highest BCUT2D eigenvalue weighted by atomic mass is 32.1. The maximum Gasteiger partial charge on any atom is 0.185 e. The average molecular weight is 377 g/mol. The van der Waals surface area contributed by atoms with Crippen LogP contribution >= 0.6 is 11.3 Å². The van der Waals surface area contributed by atoms with E-state index in [2.05, 4.69) is 9.88 Å². The molecule has 0 saturated carbocycles. The molecule has 5 nitrogen and oxygen atoms in total. The fourth-order valence-electron chi connectivity index (χ4n) is 3.27. The predicted octanol–water partition coefficient (Wildman–Crippen LogP) is 3.45. The van der Waals surface area contributed by atoms with Crippen LogP contribution in [0, 0.1) is 11.7 Å². The van der Waals surface area contributed by atoms with Crippen LogP contribution in [0.1, 0.15) is 28.1 Å². The van der Waals surface area contributed by atoms with Crippen LogP contribution in [-0.4, -0.2) is 50.0 Å². The van der Waals surface area contributed by atoms with E-state index >= 15 is 0 Å². The number of halogens is 1. The number of ketones is 1. The maximum absolute atomic E-state index is 13.9. The van der Waals surface area contributed by atoms with Gasteiger partial charge < -0.3 is 9.64 Å². The summed E-state index contributed by atoms with van der Waals surface area (Å²) in [7, 11) is 5.37. The lowest BCUT2D eigenvalue weighted by Gasteiger charge is -2.31. The van der Waals surface area contributed by atoms with Gasteiger partial charge in [-0.3, -0.25) is 9.69 Å². The van der Waals surface area contributed by atoms with Crippen molar-refractivity contribution in [3.8, 4) is 5.75 Å². The number of Topliss-reactive ketones (excluding diaryl/α,β-unsaturated/α-hetero) is 1. The third kappa shape index (κ3) is 4.22. The minimum absolute atomic E-state index is 0.00883. The Morgan fingerprint density at radius 1 is 1.46 bits per heavy atom. The highest BCUT2D eigenvalue weighted by molar-refractivity contribution is 7.15. The first-order valence-electron chi connectivity index (χ1n) is 8.70. The summed E-state index contributed by atoms with van der Waals surface area (Å²) in [5, 5.41) is 0.985. The highest BCUT2D eigenvalue weighted by Gasteiger charge is 2.27. The molecule has 0 aliphatic carbocycles. The normalized spacial score (nSPS) is 17.9. The van der Waals surface area contributed by atoms with Gasteiger partial charge in [-0.1, -0.05) is 0 Å². The number of ether oxygens (including phenoxy) is 1. The predicted molar refractivity (Wildman–Crippen MR) is 102 cm³/mol. The quantitative estimate of drug-likeness (QED) is 0.722. The fourth-order valence-corrected chi connectivity index (χ4v) is 4.14. The summed E-state index contributed by atoms with van der Waals surface area (Å²) in [5.41, 5.74) is 0.419. The Kier molecular flexibility index (Phi) is 5.88. The second-order valence-corrected chi connectivity index (χ2v) is 7.89. The summed E-state index contributed by atoms with van der Waals surface area (Å²) in [5.74, 6) is -0.423. The first-order valence-corrected chi connectivity index (χ1v) is 9.51. The van der Waals surface area contributed by atoms with E-state index in [1.54, 1.807) is 17.4 Å². The van der Waals surface area contributed by atoms with Gasteiger partial charge in [0, 0.05) is 49.7 Å². The van der Waals surface area contributed by atoms with Crippen molar-refractivity contribution in [2.24, 2.45) is 5.92 Å². The zero-order valence-electron chi connectivity index (χ0n) is 15.4. The molecule has 1 aliphatic heterocycles. The number of hydrogen-bond acceptors (Lipinski definition) is 6. The van der Waals surface area contributed by atoms with E-state index in [9.17, 15) is 9.18 Å². The van der Waals surface area contributed by atoms with Crippen LogP contribution in [0.3, 0.4) is 0 Å². The summed E-state index contributed by atoms with van der Waals surface area (Å²) < 4.78 is 18.8. The zero-order valence-corrected chi connectivity index (χ0v) is 16.2. The number of piperidine rings is 1. The van der Waals surface area contributed by atoms with Crippen LogP contribution in [0.5, 0.6) is 5.75 Å². The second-order valence-electron chi connectivity index (χ2n) is 6.79. The Balaban J connectivity index is 1.65. The summed E-state index contributed by atoms with van der Waals surface area (Å²) in [4.78, 5) is 22.7. The third-order valence-corrected chi connectivity index (χ3v) is 5.77. The summed E-state index contributed by atoms with van der Waals surface area (Å²) in [6.07, 6.45) is 3.72. The van der Waals surface area contributed by atoms with Gasteiger partial charge in [0.15, 0.2) is 22.5 Å². The van der Waals surface area contributed by atoms with Crippen molar-refractivity contribution in [1.82, 2.24) is 9.88 Å². The number of anilines is 1. The molecule has 2 aromatic rings. The molecule has 1 saturated heterocycles. The lowest BCUT2D eigenvalue weighted by Crippen LogP contribution is -2.38. The molecule has 3 rings (SSSR count). The first kappa shape index (κ1) is 18.8. The van der Waals surface area contributed by atoms with Crippen molar-refractivity contribution in [2.75, 3.05) is 39.2 Å². The van der Waals surface area contributed by atoms with Crippen LogP contribution in [-0.2, 0) is 6.54 Å². The smallest absolute Gasteiger partial charge is 0.185 e. The monoisotopic (exact) mass is 377 g/mol. The van der Waals surface area contributed by atoms with Crippen molar-refractivity contribution in [1.29, 1.82) is 0 Å². The van der Waals surface area contributed by atoms with Gasteiger partial charge >= 0.3 is 0 Å². The number of carbonyl (C=O) groups is 1. The van der Waals surface area contributed by atoms with E-state index < -0.39 is 5.82 Å². The number of carbonyl (C=O) groups excluding carboxylic acids is 1. The van der Waals surface area contributed by atoms with Gasteiger partial charge in [-0.25, -0.2) is 9.37 Å². The molecule has 1 fully saturated rings. The Morgan fingerprint density at radius 3 is 2.92 bits per heavy atom. The van der Waals surface area contributed by atoms with Gasteiger partial charge in [-0.15, -0.1) is 11.3 Å². The molecule has 0 radical (unpaired) electrons. The average Bonchev–Trinajstić information content (AvgIpc) is 3.10. The molecular formula is C19H24FN3O2S. The third-order valence-electron chi connectivity index (χ3n) is 4.62. The number of thiazole rings is 1. The summed E-state index contributed by atoms with van der Waals surface area (Å²) >= 11 is 1.67. The van der Waals surface area contributed by atoms with E-state index in [1.807, 2.05) is 25.2 Å². The molecule has 1 unspecified atom stereocenters. The Bertz CT molecular complexity index is 778. The van der Waals surface area contributed by atoms with E-state index in [0.717, 1.165) is 31.1 Å². The van der Waals surface area contributed by atoms with E-state index in [4.69, 9.17) is 4.74 Å². The van der Waals surface area contributed by atoms with Gasteiger partial charge in [-0.2, -0.15) is 0 Å². The number of likely N-dealkylation sites (tertiary alicyclic amines) is 1. The molecule has 7 heteroatoms. The first-order chi connectivity index (χ1) is 12.5. The standard InChI is InChI=1S/C19H24FN3O2S/c1-22(2)19-21-10-15(26-19)12-23-8-4-5-14(11-23)18(24)13-6-7-17(25-3)16(20)9-13/h6-7,9-10,14H,4-5,8,11-12H2,1-3H3. The van der Waals surface area contributed by atoms with Crippen molar-refractivity contribution in [3.63, 3.8) is 0 Å². The number of nitrogens with zero attached hydrogens (tertiary/aromatic N) is 3. The maximum atomic E-state index is 13.9. The van der Waals surface area contributed by atoms with Gasteiger partial charge in [0.2, 0.25) is 0 Å².